The van der Waals surface area contributed by atoms with E-state index < -0.39 is 0 Å². The molecule has 0 N–H and O–H groups in total. The monoisotopic (exact) mass is 346 g/mol. The van der Waals surface area contributed by atoms with Gasteiger partial charge in [0.1, 0.15) is 11.3 Å². The molecular formula is C17H16Cl2N4. The highest BCUT2D eigenvalue weighted by Gasteiger charge is 2.24. The summed E-state index contributed by atoms with van der Waals surface area (Å²) in [6.07, 6.45) is 1.93. The van der Waals surface area contributed by atoms with Crippen molar-refractivity contribution < 1.29 is 0 Å². The Balaban J connectivity index is 2.13. The van der Waals surface area contributed by atoms with Crippen molar-refractivity contribution in [2.24, 2.45) is 10.2 Å². The number of halogens is 2. The van der Waals surface area contributed by atoms with Gasteiger partial charge in [-0.15, -0.1) is 10.2 Å². The zero-order valence-electron chi connectivity index (χ0n) is 13.1. The Hall–Kier alpha value is -1.91. The van der Waals surface area contributed by atoms with Gasteiger partial charge in [-0.25, -0.2) is 4.98 Å². The van der Waals surface area contributed by atoms with Gasteiger partial charge >= 0.3 is 0 Å². The summed E-state index contributed by atoms with van der Waals surface area (Å²) in [6.45, 7) is 6.30. The maximum atomic E-state index is 6.16. The Kier molecular flexibility index (Phi) is 4.13. The summed E-state index contributed by atoms with van der Waals surface area (Å²) in [5, 5.41) is 9.74. The molecule has 0 radical (unpaired) electrons. The number of pyridine rings is 1. The molecule has 0 saturated carbocycles. The lowest BCUT2D eigenvalue weighted by Crippen LogP contribution is -2.11. The fourth-order valence-corrected chi connectivity index (χ4v) is 2.69. The number of aromatic nitrogens is 2. The fraction of sp³-hybridized carbons (Fsp3) is 0.235. The molecule has 0 saturated heterocycles. The molecule has 0 unspecified atom stereocenters. The molecule has 0 aliphatic carbocycles. The van der Waals surface area contributed by atoms with Crippen molar-refractivity contribution in [2.45, 2.75) is 26.2 Å². The lowest BCUT2D eigenvalue weighted by molar-refractivity contribution is 0.574. The zero-order valence-corrected chi connectivity index (χ0v) is 14.6. The summed E-state index contributed by atoms with van der Waals surface area (Å²) in [5.74, 6) is 0.708. The number of rotatable bonds is 2. The van der Waals surface area contributed by atoms with Crippen molar-refractivity contribution in [1.82, 2.24) is 9.38 Å². The largest absolute Gasteiger partial charge is 0.283 e. The molecule has 118 valence electrons. The highest BCUT2D eigenvalue weighted by molar-refractivity contribution is 6.36. The Morgan fingerprint density at radius 1 is 1.04 bits per heavy atom. The van der Waals surface area contributed by atoms with Crippen LogP contribution in [0.5, 0.6) is 0 Å². The van der Waals surface area contributed by atoms with Crippen molar-refractivity contribution in [3.63, 3.8) is 0 Å². The summed E-state index contributed by atoms with van der Waals surface area (Å²) < 4.78 is 1.92. The van der Waals surface area contributed by atoms with E-state index in [1.165, 1.54) is 0 Å². The quantitative estimate of drug-likeness (QED) is 0.498. The van der Waals surface area contributed by atoms with Crippen molar-refractivity contribution in [2.75, 3.05) is 0 Å². The van der Waals surface area contributed by atoms with Gasteiger partial charge in [0.2, 0.25) is 0 Å². The fourth-order valence-electron chi connectivity index (χ4n) is 2.25. The molecule has 3 aromatic rings. The van der Waals surface area contributed by atoms with Gasteiger partial charge < -0.3 is 0 Å². The van der Waals surface area contributed by atoms with E-state index in [4.69, 9.17) is 23.2 Å². The molecule has 0 fully saturated rings. The molecule has 0 spiro atoms. The molecular weight excluding hydrogens is 331 g/mol. The highest BCUT2D eigenvalue weighted by Crippen LogP contribution is 2.34. The molecule has 23 heavy (non-hydrogen) atoms. The van der Waals surface area contributed by atoms with E-state index in [1.807, 2.05) is 28.8 Å². The molecule has 2 aromatic heterocycles. The van der Waals surface area contributed by atoms with Crippen LogP contribution in [0, 0.1) is 0 Å². The number of nitrogens with zero attached hydrogens (tertiary/aromatic N) is 4. The van der Waals surface area contributed by atoms with Crippen LogP contribution in [-0.2, 0) is 5.41 Å². The first-order valence-electron chi connectivity index (χ1n) is 7.20. The second-order valence-electron chi connectivity index (χ2n) is 6.26. The summed E-state index contributed by atoms with van der Waals surface area (Å²) in [7, 11) is 0. The first-order valence-corrected chi connectivity index (χ1v) is 7.96. The van der Waals surface area contributed by atoms with E-state index in [9.17, 15) is 0 Å². The van der Waals surface area contributed by atoms with Crippen LogP contribution in [0.25, 0.3) is 5.65 Å². The average molecular weight is 347 g/mol. The molecule has 6 heteroatoms. The average Bonchev–Trinajstić information content (AvgIpc) is 2.85. The second-order valence-corrected chi connectivity index (χ2v) is 7.10. The maximum absolute atomic E-state index is 6.16. The van der Waals surface area contributed by atoms with Crippen LogP contribution >= 0.6 is 23.2 Å². The van der Waals surface area contributed by atoms with Gasteiger partial charge in [-0.1, -0.05) is 50.0 Å². The first kappa shape index (κ1) is 16.0. The minimum absolute atomic E-state index is 0.149. The van der Waals surface area contributed by atoms with Crippen LogP contribution in [0.15, 0.2) is 52.8 Å². The lowest BCUT2D eigenvalue weighted by atomic mass is 9.92. The summed E-state index contributed by atoms with van der Waals surface area (Å²) >= 11 is 12.1. The Labute approximate surface area is 144 Å². The molecule has 1 aromatic carbocycles. The second kappa shape index (κ2) is 5.95. The smallest absolute Gasteiger partial charge is 0.183 e. The van der Waals surface area contributed by atoms with E-state index in [1.54, 1.807) is 18.2 Å². The van der Waals surface area contributed by atoms with Crippen molar-refractivity contribution >= 4 is 40.4 Å². The number of azo groups is 1. The van der Waals surface area contributed by atoms with Crippen molar-refractivity contribution in [1.29, 1.82) is 0 Å². The van der Waals surface area contributed by atoms with Crippen LogP contribution < -0.4 is 0 Å². The third kappa shape index (κ3) is 3.23. The van der Waals surface area contributed by atoms with Gasteiger partial charge in [0.25, 0.3) is 0 Å². The molecule has 0 aliphatic heterocycles. The van der Waals surface area contributed by atoms with Crippen molar-refractivity contribution in [3.8, 4) is 0 Å². The van der Waals surface area contributed by atoms with Crippen molar-refractivity contribution in [3.05, 3.63) is 58.3 Å². The standard InChI is InChI=1S/C17H16Cl2N4/c1-17(2,3)15-16(23-9-5-4-6-14(23)20-15)22-21-13-8-7-11(18)10-12(13)19/h4-10H,1-3H3. The SMILES string of the molecule is CC(C)(C)c1nc2ccccn2c1N=Nc1ccc(Cl)cc1Cl. The van der Waals surface area contributed by atoms with Gasteiger partial charge in [-0.2, -0.15) is 0 Å². The van der Waals surface area contributed by atoms with Gasteiger partial charge in [0.15, 0.2) is 5.82 Å². The Morgan fingerprint density at radius 2 is 1.83 bits per heavy atom. The van der Waals surface area contributed by atoms with E-state index >= 15 is 0 Å². The Morgan fingerprint density at radius 3 is 2.52 bits per heavy atom. The molecule has 0 bridgehead atoms. The highest BCUT2D eigenvalue weighted by atomic mass is 35.5. The predicted molar refractivity (Wildman–Crippen MR) is 94.5 cm³/mol. The lowest BCUT2D eigenvalue weighted by Gasteiger charge is -2.15. The van der Waals surface area contributed by atoms with Gasteiger partial charge in [-0.05, 0) is 30.3 Å². The number of benzene rings is 1. The van der Waals surface area contributed by atoms with Crippen LogP contribution in [0.1, 0.15) is 26.5 Å². The topological polar surface area (TPSA) is 42.0 Å². The molecule has 4 nitrogen and oxygen atoms in total. The molecule has 0 aliphatic rings. The third-order valence-corrected chi connectivity index (χ3v) is 3.92. The molecule has 3 rings (SSSR count). The van der Waals surface area contributed by atoms with Crippen LogP contribution in [0.4, 0.5) is 11.5 Å². The first-order chi connectivity index (χ1) is 10.9. The van der Waals surface area contributed by atoms with E-state index in [0.717, 1.165) is 11.3 Å². The van der Waals surface area contributed by atoms with Gasteiger partial charge in [0, 0.05) is 16.6 Å². The summed E-state index contributed by atoms with van der Waals surface area (Å²) in [4.78, 5) is 4.69. The van der Waals surface area contributed by atoms with Gasteiger partial charge in [-0.3, -0.25) is 4.40 Å². The number of hydrogen-bond donors (Lipinski definition) is 0. The Bertz CT molecular complexity index is 891. The van der Waals surface area contributed by atoms with Crippen LogP contribution in [-0.4, -0.2) is 9.38 Å². The number of fused-ring (bicyclic) bond motifs is 1. The van der Waals surface area contributed by atoms with Crippen LogP contribution in [0.3, 0.4) is 0 Å². The number of hydrogen-bond acceptors (Lipinski definition) is 3. The molecule has 0 amide bonds. The van der Waals surface area contributed by atoms with E-state index in [0.29, 0.717) is 21.6 Å². The zero-order chi connectivity index (χ0) is 16.6. The minimum atomic E-state index is -0.149. The third-order valence-electron chi connectivity index (χ3n) is 3.38. The molecule has 0 atom stereocenters. The molecule has 2 heterocycles. The predicted octanol–water partition coefficient (Wildman–Crippen LogP) is 6.35. The normalized spacial score (nSPS) is 12.4. The number of imidazole rings is 1. The van der Waals surface area contributed by atoms with E-state index in [-0.39, 0.29) is 5.41 Å². The van der Waals surface area contributed by atoms with Gasteiger partial charge in [0.05, 0.1) is 10.7 Å². The maximum Gasteiger partial charge on any atom is 0.183 e. The summed E-state index contributed by atoms with van der Waals surface area (Å²) in [5.41, 5.74) is 2.15. The van der Waals surface area contributed by atoms with Crippen LogP contribution in [0.2, 0.25) is 10.0 Å². The summed E-state index contributed by atoms with van der Waals surface area (Å²) in [6, 6.07) is 11.0. The van der Waals surface area contributed by atoms with E-state index in [2.05, 4.69) is 36.0 Å². The minimum Gasteiger partial charge on any atom is -0.283 e.